The number of oxazole rings is 1. The summed E-state index contributed by atoms with van der Waals surface area (Å²) in [6, 6.07) is 10.3. The Kier molecular flexibility index (Phi) is 8.69. The lowest BCUT2D eigenvalue weighted by atomic mass is 10.2. The van der Waals surface area contributed by atoms with Gasteiger partial charge in [0.15, 0.2) is 5.96 Å². The third kappa shape index (κ3) is 6.31. The number of benzene rings is 1. The number of nitrogens with one attached hydrogen (secondary N) is 1. The third-order valence-corrected chi connectivity index (χ3v) is 4.42. The van der Waals surface area contributed by atoms with Crippen LogP contribution >= 0.6 is 24.0 Å². The standard InChI is InChI=1S/C21H26FN5O.HI/c1-4-23-21(27(3)14-19-6-5-13-26(19)2)24-12-11-18-15-28-20(25-18)16-7-9-17(22)10-8-16;/h5-10,13,15H,4,11-12,14H2,1-3H3,(H,23,24);1H. The van der Waals surface area contributed by atoms with Crippen LogP contribution in [0.1, 0.15) is 18.3 Å². The van der Waals surface area contributed by atoms with Crippen LogP contribution in [0.2, 0.25) is 0 Å². The van der Waals surface area contributed by atoms with Crippen LogP contribution in [0.5, 0.6) is 0 Å². The number of halogens is 2. The topological polar surface area (TPSA) is 58.6 Å². The van der Waals surface area contributed by atoms with Crippen molar-refractivity contribution in [3.05, 3.63) is 66.1 Å². The molecule has 2 aromatic heterocycles. The van der Waals surface area contributed by atoms with Gasteiger partial charge in [-0.3, -0.25) is 4.99 Å². The first-order chi connectivity index (χ1) is 13.6. The number of aromatic nitrogens is 2. The molecule has 3 rings (SSSR count). The maximum atomic E-state index is 13.0. The zero-order chi connectivity index (χ0) is 19.9. The molecule has 156 valence electrons. The number of guanidine groups is 1. The minimum absolute atomic E-state index is 0. The van der Waals surface area contributed by atoms with Gasteiger partial charge in [-0.05, 0) is 43.3 Å². The summed E-state index contributed by atoms with van der Waals surface area (Å²) in [6.07, 6.45) is 4.34. The molecule has 0 radical (unpaired) electrons. The van der Waals surface area contributed by atoms with Crippen molar-refractivity contribution >= 4 is 29.9 Å². The zero-order valence-corrected chi connectivity index (χ0v) is 19.3. The Morgan fingerprint density at radius 1 is 1.28 bits per heavy atom. The predicted molar refractivity (Wildman–Crippen MR) is 124 cm³/mol. The lowest BCUT2D eigenvalue weighted by Crippen LogP contribution is -2.39. The summed E-state index contributed by atoms with van der Waals surface area (Å²) in [4.78, 5) is 11.3. The Bertz CT molecular complexity index is 919. The summed E-state index contributed by atoms with van der Waals surface area (Å²) in [7, 11) is 4.06. The molecule has 0 bridgehead atoms. The van der Waals surface area contributed by atoms with Gasteiger partial charge in [-0.25, -0.2) is 9.37 Å². The van der Waals surface area contributed by atoms with Crippen LogP contribution in [0.15, 0.2) is 58.3 Å². The lowest BCUT2D eigenvalue weighted by Gasteiger charge is -2.22. The van der Waals surface area contributed by atoms with E-state index in [9.17, 15) is 4.39 Å². The van der Waals surface area contributed by atoms with Gasteiger partial charge in [-0.1, -0.05) is 0 Å². The van der Waals surface area contributed by atoms with Gasteiger partial charge in [0.05, 0.1) is 12.2 Å². The molecule has 29 heavy (non-hydrogen) atoms. The van der Waals surface area contributed by atoms with Gasteiger partial charge in [0, 0.05) is 51.1 Å². The molecular weight excluding hydrogens is 484 g/mol. The first-order valence-corrected chi connectivity index (χ1v) is 9.37. The van der Waals surface area contributed by atoms with Gasteiger partial charge in [0.1, 0.15) is 12.1 Å². The molecule has 0 spiro atoms. The van der Waals surface area contributed by atoms with E-state index in [2.05, 4.69) is 32.8 Å². The molecule has 0 aliphatic carbocycles. The molecule has 3 aromatic rings. The molecule has 0 aliphatic rings. The minimum atomic E-state index is -0.278. The Morgan fingerprint density at radius 2 is 2.03 bits per heavy atom. The van der Waals surface area contributed by atoms with Crippen molar-refractivity contribution in [1.82, 2.24) is 19.8 Å². The highest BCUT2D eigenvalue weighted by Gasteiger charge is 2.10. The second kappa shape index (κ2) is 11.0. The largest absolute Gasteiger partial charge is 0.444 e. The lowest BCUT2D eigenvalue weighted by molar-refractivity contribution is 0.462. The number of rotatable bonds is 7. The van der Waals surface area contributed by atoms with E-state index in [1.54, 1.807) is 18.4 Å². The SMILES string of the molecule is CCNC(=NCCc1coc(-c2ccc(F)cc2)n1)N(C)Cc1cccn1C.I. The van der Waals surface area contributed by atoms with Crippen LogP contribution in [0.3, 0.4) is 0 Å². The molecule has 0 amide bonds. The predicted octanol–water partition coefficient (Wildman–Crippen LogP) is 4.08. The number of hydrogen-bond donors (Lipinski definition) is 1. The van der Waals surface area contributed by atoms with Crippen LogP contribution in [0.4, 0.5) is 4.39 Å². The maximum Gasteiger partial charge on any atom is 0.226 e. The number of aryl methyl sites for hydroxylation is 1. The molecular formula is C21H27FIN5O. The summed E-state index contributed by atoms with van der Waals surface area (Å²) in [5.74, 6) is 1.07. The molecule has 8 heteroatoms. The van der Waals surface area contributed by atoms with E-state index < -0.39 is 0 Å². The van der Waals surface area contributed by atoms with Crippen molar-refractivity contribution in [3.63, 3.8) is 0 Å². The van der Waals surface area contributed by atoms with Crippen LogP contribution in [-0.2, 0) is 20.0 Å². The quantitative estimate of drug-likeness (QED) is 0.295. The highest BCUT2D eigenvalue weighted by molar-refractivity contribution is 14.0. The molecule has 0 saturated carbocycles. The first kappa shape index (κ1) is 22.9. The van der Waals surface area contributed by atoms with Gasteiger partial charge in [0.2, 0.25) is 5.89 Å². The molecule has 0 unspecified atom stereocenters. The van der Waals surface area contributed by atoms with Crippen molar-refractivity contribution < 1.29 is 8.81 Å². The summed E-state index contributed by atoms with van der Waals surface area (Å²) in [5, 5.41) is 3.32. The summed E-state index contributed by atoms with van der Waals surface area (Å²) in [6.45, 7) is 4.22. The highest BCUT2D eigenvalue weighted by Crippen LogP contribution is 2.19. The van der Waals surface area contributed by atoms with E-state index in [-0.39, 0.29) is 29.8 Å². The Labute approximate surface area is 187 Å². The van der Waals surface area contributed by atoms with Gasteiger partial charge in [-0.15, -0.1) is 24.0 Å². The maximum absolute atomic E-state index is 13.0. The van der Waals surface area contributed by atoms with E-state index in [0.717, 1.165) is 30.3 Å². The molecule has 0 saturated heterocycles. The van der Waals surface area contributed by atoms with Crippen molar-refractivity contribution in [2.75, 3.05) is 20.1 Å². The first-order valence-electron chi connectivity index (χ1n) is 9.37. The van der Waals surface area contributed by atoms with Crippen molar-refractivity contribution in [3.8, 4) is 11.5 Å². The molecule has 0 atom stereocenters. The van der Waals surface area contributed by atoms with Gasteiger partial charge in [0.25, 0.3) is 0 Å². The van der Waals surface area contributed by atoms with Crippen molar-refractivity contribution in [1.29, 1.82) is 0 Å². The Hall–Kier alpha value is -2.36. The monoisotopic (exact) mass is 511 g/mol. The molecule has 0 aliphatic heterocycles. The van der Waals surface area contributed by atoms with Gasteiger partial charge >= 0.3 is 0 Å². The molecule has 1 aromatic carbocycles. The normalized spacial score (nSPS) is 11.2. The van der Waals surface area contributed by atoms with Gasteiger partial charge < -0.3 is 19.2 Å². The fraction of sp³-hybridized carbons (Fsp3) is 0.333. The number of hydrogen-bond acceptors (Lipinski definition) is 3. The van der Waals surface area contributed by atoms with Crippen LogP contribution in [0, 0.1) is 5.82 Å². The fourth-order valence-electron chi connectivity index (χ4n) is 2.87. The minimum Gasteiger partial charge on any atom is -0.444 e. The average Bonchev–Trinajstić information content (AvgIpc) is 3.31. The van der Waals surface area contributed by atoms with Crippen LogP contribution in [0.25, 0.3) is 11.5 Å². The van der Waals surface area contributed by atoms with E-state index in [4.69, 9.17) is 9.41 Å². The summed E-state index contributed by atoms with van der Waals surface area (Å²) in [5.41, 5.74) is 2.80. The van der Waals surface area contributed by atoms with Crippen LogP contribution < -0.4 is 5.32 Å². The summed E-state index contributed by atoms with van der Waals surface area (Å²) >= 11 is 0. The zero-order valence-electron chi connectivity index (χ0n) is 16.9. The highest BCUT2D eigenvalue weighted by atomic mass is 127. The molecule has 2 heterocycles. The smallest absolute Gasteiger partial charge is 0.226 e. The third-order valence-electron chi connectivity index (χ3n) is 4.42. The second-order valence-corrected chi connectivity index (χ2v) is 6.60. The Balaban J connectivity index is 0.00000300. The average molecular weight is 511 g/mol. The van der Waals surface area contributed by atoms with E-state index in [1.807, 2.05) is 26.4 Å². The molecule has 1 N–H and O–H groups in total. The number of nitrogens with zero attached hydrogens (tertiary/aromatic N) is 4. The van der Waals surface area contributed by atoms with E-state index >= 15 is 0 Å². The number of aliphatic imine (C=N–C) groups is 1. The van der Waals surface area contributed by atoms with Crippen LogP contribution in [-0.4, -0.2) is 40.5 Å². The second-order valence-electron chi connectivity index (χ2n) is 6.60. The van der Waals surface area contributed by atoms with E-state index in [0.29, 0.717) is 18.9 Å². The van der Waals surface area contributed by atoms with Crippen molar-refractivity contribution in [2.24, 2.45) is 12.0 Å². The van der Waals surface area contributed by atoms with E-state index in [1.165, 1.54) is 17.8 Å². The summed E-state index contributed by atoms with van der Waals surface area (Å²) < 4.78 is 20.7. The molecule has 6 nitrogen and oxygen atoms in total. The fourth-order valence-corrected chi connectivity index (χ4v) is 2.87. The molecule has 0 fully saturated rings. The van der Waals surface area contributed by atoms with Crippen molar-refractivity contribution in [2.45, 2.75) is 19.9 Å². The Morgan fingerprint density at radius 3 is 2.69 bits per heavy atom. The van der Waals surface area contributed by atoms with Gasteiger partial charge in [-0.2, -0.15) is 0 Å².